The van der Waals surface area contributed by atoms with Gasteiger partial charge in [-0.2, -0.15) is 0 Å². The average Bonchev–Trinajstić information content (AvgIpc) is 1.97. The number of rotatable bonds is 2. The van der Waals surface area contributed by atoms with Crippen molar-refractivity contribution in [3.8, 4) is 5.75 Å². The van der Waals surface area contributed by atoms with Gasteiger partial charge in [0, 0.05) is 6.07 Å². The largest absolute Gasteiger partial charge is 0.543 e. The van der Waals surface area contributed by atoms with Crippen LogP contribution < -0.4 is 4.43 Å². The maximum absolute atomic E-state index is 13.1. The van der Waals surface area contributed by atoms with Crippen molar-refractivity contribution in [2.75, 3.05) is 0 Å². The van der Waals surface area contributed by atoms with E-state index in [0.29, 0.717) is 10.8 Å². The van der Waals surface area contributed by atoms with Crippen molar-refractivity contribution in [2.24, 2.45) is 0 Å². The summed E-state index contributed by atoms with van der Waals surface area (Å²) in [6.07, 6.45) is 0. The summed E-state index contributed by atoms with van der Waals surface area (Å²) in [6.45, 7) is 5.99. The summed E-state index contributed by atoms with van der Waals surface area (Å²) in [7, 11) is -1.76. The minimum Gasteiger partial charge on any atom is -0.543 e. The lowest BCUT2D eigenvalue weighted by atomic mass is 10.3. The number of hydrogen-bond donors (Lipinski definition) is 0. The van der Waals surface area contributed by atoms with Crippen LogP contribution in [-0.4, -0.2) is 8.32 Å². The summed E-state index contributed by atoms with van der Waals surface area (Å²) < 4.78 is 18.7. The van der Waals surface area contributed by atoms with Crippen molar-refractivity contribution in [1.29, 1.82) is 0 Å². The van der Waals surface area contributed by atoms with Gasteiger partial charge in [-0.25, -0.2) is 4.39 Å². The van der Waals surface area contributed by atoms with Crippen molar-refractivity contribution in [3.05, 3.63) is 28.0 Å². The van der Waals surface area contributed by atoms with Gasteiger partial charge in [0.05, 0.1) is 10.0 Å². The molecule has 0 radical (unpaired) electrons. The first-order chi connectivity index (χ1) is 6.29. The third-order valence-corrected chi connectivity index (χ3v) is 2.81. The summed E-state index contributed by atoms with van der Waals surface area (Å²) in [5.74, 6) is -0.142. The molecule has 0 aromatic heterocycles. The summed E-state index contributed by atoms with van der Waals surface area (Å²) in [5, 5.41) is 0.358. The van der Waals surface area contributed by atoms with E-state index in [9.17, 15) is 4.39 Å². The first kappa shape index (κ1) is 11.8. The zero-order valence-corrected chi connectivity index (χ0v) is 10.7. The molecule has 1 nitrogen and oxygen atoms in total. The van der Waals surface area contributed by atoms with Crippen molar-refractivity contribution in [3.63, 3.8) is 0 Å². The van der Waals surface area contributed by atoms with E-state index in [2.05, 4.69) is 0 Å². The molecule has 0 bridgehead atoms. The standard InChI is InChI=1S/C9H11Cl2FOSi/c1-14(2,3)13-9-5-8(12)6(10)4-7(9)11/h4-5H,1-3H3. The lowest BCUT2D eigenvalue weighted by Gasteiger charge is -2.20. The van der Waals surface area contributed by atoms with Crippen molar-refractivity contribution in [2.45, 2.75) is 19.6 Å². The van der Waals surface area contributed by atoms with Gasteiger partial charge in [0.25, 0.3) is 0 Å². The molecule has 0 saturated carbocycles. The molecule has 0 heterocycles. The number of benzene rings is 1. The molecule has 0 unspecified atom stereocenters. The Morgan fingerprint density at radius 2 is 1.71 bits per heavy atom. The fourth-order valence-corrected chi connectivity index (χ4v) is 2.23. The molecular formula is C9H11Cl2FOSi. The Morgan fingerprint density at radius 3 is 2.21 bits per heavy atom. The molecule has 0 aliphatic rings. The molecule has 14 heavy (non-hydrogen) atoms. The molecule has 1 aromatic rings. The Kier molecular flexibility index (Phi) is 3.45. The molecule has 0 fully saturated rings. The molecule has 0 aliphatic carbocycles. The van der Waals surface area contributed by atoms with Gasteiger partial charge < -0.3 is 4.43 Å². The van der Waals surface area contributed by atoms with Gasteiger partial charge in [-0.05, 0) is 25.7 Å². The molecule has 0 spiro atoms. The molecule has 0 atom stereocenters. The molecule has 0 amide bonds. The van der Waals surface area contributed by atoms with E-state index in [1.807, 2.05) is 19.6 Å². The summed E-state index contributed by atoms with van der Waals surface area (Å²) >= 11 is 11.4. The molecule has 5 heteroatoms. The average molecular weight is 253 g/mol. The van der Waals surface area contributed by atoms with Gasteiger partial charge in [0.1, 0.15) is 11.6 Å². The normalized spacial score (nSPS) is 11.6. The summed E-state index contributed by atoms with van der Waals surface area (Å²) in [6, 6.07) is 2.58. The minimum atomic E-state index is -1.76. The molecular weight excluding hydrogens is 242 g/mol. The van der Waals surface area contributed by atoms with Crippen LogP contribution in [0.4, 0.5) is 4.39 Å². The molecule has 0 saturated heterocycles. The highest BCUT2D eigenvalue weighted by Crippen LogP contribution is 2.31. The van der Waals surface area contributed by atoms with E-state index in [0.717, 1.165) is 0 Å². The van der Waals surface area contributed by atoms with E-state index >= 15 is 0 Å². The smallest absolute Gasteiger partial charge is 0.242 e. The fourth-order valence-electron chi connectivity index (χ4n) is 0.912. The zero-order chi connectivity index (χ0) is 10.9. The summed E-state index contributed by atoms with van der Waals surface area (Å²) in [5.41, 5.74) is 0. The highest BCUT2D eigenvalue weighted by molar-refractivity contribution is 6.70. The molecule has 78 valence electrons. The maximum Gasteiger partial charge on any atom is 0.242 e. The van der Waals surface area contributed by atoms with Crippen molar-refractivity contribution >= 4 is 31.5 Å². The van der Waals surface area contributed by atoms with Crippen LogP contribution in [0.3, 0.4) is 0 Å². The Balaban J connectivity index is 3.04. The van der Waals surface area contributed by atoms with E-state index in [-0.39, 0.29) is 5.02 Å². The number of halogens is 3. The maximum atomic E-state index is 13.1. The third-order valence-electron chi connectivity index (χ3n) is 1.39. The van der Waals surface area contributed by atoms with Crippen LogP contribution in [-0.2, 0) is 0 Å². The molecule has 0 N–H and O–H groups in total. The molecule has 1 aromatic carbocycles. The Morgan fingerprint density at radius 1 is 1.14 bits per heavy atom. The van der Waals surface area contributed by atoms with Gasteiger partial charge >= 0.3 is 0 Å². The van der Waals surface area contributed by atoms with Gasteiger partial charge in [0.2, 0.25) is 8.32 Å². The molecule has 0 aliphatic heterocycles. The summed E-state index contributed by atoms with van der Waals surface area (Å²) in [4.78, 5) is 0. The van der Waals surface area contributed by atoms with E-state index in [1.165, 1.54) is 12.1 Å². The first-order valence-corrected chi connectivity index (χ1v) is 8.29. The van der Waals surface area contributed by atoms with Crippen LogP contribution in [0.25, 0.3) is 0 Å². The van der Waals surface area contributed by atoms with Crippen molar-refractivity contribution in [1.82, 2.24) is 0 Å². The second kappa shape index (κ2) is 4.09. The predicted octanol–water partition coefficient (Wildman–Crippen LogP) is 4.35. The Labute approximate surface area is 93.9 Å². The number of hydrogen-bond acceptors (Lipinski definition) is 1. The Hall–Kier alpha value is -0.253. The van der Waals surface area contributed by atoms with E-state index in [4.69, 9.17) is 27.6 Å². The second-order valence-corrected chi connectivity index (χ2v) is 9.15. The van der Waals surface area contributed by atoms with Crippen LogP contribution in [0.1, 0.15) is 0 Å². The lowest BCUT2D eigenvalue weighted by Crippen LogP contribution is -2.29. The van der Waals surface area contributed by atoms with Gasteiger partial charge in [-0.1, -0.05) is 23.2 Å². The van der Waals surface area contributed by atoms with E-state index in [1.54, 1.807) is 0 Å². The molecule has 1 rings (SSSR count). The van der Waals surface area contributed by atoms with Crippen LogP contribution in [0.5, 0.6) is 5.75 Å². The second-order valence-electron chi connectivity index (χ2n) is 3.91. The van der Waals surface area contributed by atoms with Crippen LogP contribution >= 0.6 is 23.2 Å². The topological polar surface area (TPSA) is 9.23 Å². The first-order valence-electron chi connectivity index (χ1n) is 4.13. The highest BCUT2D eigenvalue weighted by Gasteiger charge is 2.19. The van der Waals surface area contributed by atoms with Gasteiger partial charge in [0.15, 0.2) is 0 Å². The predicted molar refractivity (Wildman–Crippen MR) is 60.4 cm³/mol. The van der Waals surface area contributed by atoms with Crippen LogP contribution in [0.15, 0.2) is 12.1 Å². The lowest BCUT2D eigenvalue weighted by molar-refractivity contribution is 0.545. The zero-order valence-electron chi connectivity index (χ0n) is 8.20. The van der Waals surface area contributed by atoms with Gasteiger partial charge in [-0.15, -0.1) is 0 Å². The monoisotopic (exact) mass is 252 g/mol. The van der Waals surface area contributed by atoms with Crippen LogP contribution in [0.2, 0.25) is 29.7 Å². The quantitative estimate of drug-likeness (QED) is 0.562. The van der Waals surface area contributed by atoms with Crippen molar-refractivity contribution < 1.29 is 8.82 Å². The SMILES string of the molecule is C[Si](C)(C)Oc1cc(F)c(Cl)cc1Cl. The Bertz CT molecular complexity index is 349. The minimum absolute atomic E-state index is 0.0120. The fraction of sp³-hybridized carbons (Fsp3) is 0.333. The van der Waals surface area contributed by atoms with E-state index < -0.39 is 14.1 Å². The van der Waals surface area contributed by atoms with Crippen LogP contribution in [0, 0.1) is 5.82 Å². The third kappa shape index (κ3) is 3.15. The highest BCUT2D eigenvalue weighted by atomic mass is 35.5. The van der Waals surface area contributed by atoms with Gasteiger partial charge in [-0.3, -0.25) is 0 Å².